The molecule has 0 aliphatic heterocycles. The van der Waals surface area contributed by atoms with Crippen LogP contribution in [0.15, 0.2) is 96.4 Å². The van der Waals surface area contributed by atoms with Crippen molar-refractivity contribution < 1.29 is 9.53 Å². The summed E-state index contributed by atoms with van der Waals surface area (Å²) < 4.78 is 5.87. The predicted octanol–water partition coefficient (Wildman–Crippen LogP) is 2.45. The quantitative estimate of drug-likeness (QED) is 0.297. The standard InChI is InChI=1S/C22H20O2Si/c1-2-24-22(18-23)25(19-12-6-3-7-13-19,20-14-8-4-9-15-20)21-16-10-5-11-17-21/h3-17H,2H2,1H3. The molecule has 0 N–H and O–H groups in total. The van der Waals surface area contributed by atoms with E-state index in [1.807, 2.05) is 61.5 Å². The lowest BCUT2D eigenvalue weighted by Crippen LogP contribution is -2.69. The molecule has 0 unspecified atom stereocenters. The molecule has 0 fully saturated rings. The summed E-state index contributed by atoms with van der Waals surface area (Å²) >= 11 is 0. The third-order valence-corrected chi connectivity index (χ3v) is 8.87. The Morgan fingerprint density at radius 1 is 0.760 bits per heavy atom. The lowest BCUT2D eigenvalue weighted by molar-refractivity contribution is 0.254. The summed E-state index contributed by atoms with van der Waals surface area (Å²) in [5.41, 5.74) is 0. The van der Waals surface area contributed by atoms with Gasteiger partial charge in [0.2, 0.25) is 8.07 Å². The van der Waals surface area contributed by atoms with E-state index in [2.05, 4.69) is 42.3 Å². The molecule has 0 atom stereocenters. The summed E-state index contributed by atoms with van der Waals surface area (Å²) in [5, 5.41) is 3.75. The van der Waals surface area contributed by atoms with Crippen LogP contribution in [-0.2, 0) is 9.53 Å². The molecule has 3 aromatic rings. The van der Waals surface area contributed by atoms with Gasteiger partial charge in [0.1, 0.15) is 0 Å². The summed E-state index contributed by atoms with van der Waals surface area (Å²) in [7, 11) is -2.80. The fourth-order valence-electron chi connectivity index (χ4n) is 3.32. The van der Waals surface area contributed by atoms with Crippen LogP contribution in [0.25, 0.3) is 0 Å². The first kappa shape index (κ1) is 17.0. The van der Waals surface area contributed by atoms with E-state index in [1.54, 1.807) is 0 Å². The molecule has 0 saturated heterocycles. The summed E-state index contributed by atoms with van der Waals surface area (Å²) in [6.45, 7) is 2.34. The molecule has 0 amide bonds. The molecule has 0 saturated carbocycles. The van der Waals surface area contributed by atoms with Crippen LogP contribution in [0.2, 0.25) is 0 Å². The average Bonchev–Trinajstić information content (AvgIpc) is 2.70. The molecule has 0 radical (unpaired) electrons. The predicted molar refractivity (Wildman–Crippen MR) is 105 cm³/mol. The second kappa shape index (κ2) is 7.80. The lowest BCUT2D eigenvalue weighted by atomic mass is 10.3. The number of rotatable bonds is 6. The van der Waals surface area contributed by atoms with E-state index in [4.69, 9.17) is 4.74 Å². The van der Waals surface area contributed by atoms with Gasteiger partial charge in [0, 0.05) is 0 Å². The zero-order valence-electron chi connectivity index (χ0n) is 14.2. The lowest BCUT2D eigenvalue weighted by Gasteiger charge is -2.33. The normalized spacial score (nSPS) is 10.8. The monoisotopic (exact) mass is 344 g/mol. The Labute approximate surface area is 149 Å². The Hall–Kier alpha value is -2.87. The van der Waals surface area contributed by atoms with Crippen LogP contribution in [0.4, 0.5) is 0 Å². The van der Waals surface area contributed by atoms with E-state index in [-0.39, 0.29) is 0 Å². The highest BCUT2D eigenvalue weighted by molar-refractivity contribution is 7.16. The Balaban J connectivity index is 2.42. The van der Waals surface area contributed by atoms with Crippen LogP contribution in [0.5, 0.6) is 0 Å². The minimum absolute atomic E-state index is 0.415. The van der Waals surface area contributed by atoms with E-state index in [1.165, 1.54) is 0 Å². The van der Waals surface area contributed by atoms with E-state index in [0.29, 0.717) is 12.0 Å². The Kier molecular flexibility index (Phi) is 5.29. The molecule has 3 aromatic carbocycles. The van der Waals surface area contributed by atoms with Crippen molar-refractivity contribution in [1.82, 2.24) is 0 Å². The largest absolute Gasteiger partial charge is 0.491 e. The van der Waals surface area contributed by atoms with Gasteiger partial charge >= 0.3 is 0 Å². The molecular formula is C22H20O2Si. The Morgan fingerprint density at radius 3 is 1.40 bits per heavy atom. The molecule has 0 aliphatic carbocycles. The summed E-state index contributed by atoms with van der Waals surface area (Å²) in [6.07, 6.45) is 0. The molecule has 2 nitrogen and oxygen atoms in total. The maximum Gasteiger partial charge on any atom is 0.237 e. The number of benzene rings is 3. The first-order chi connectivity index (χ1) is 12.3. The molecule has 0 aromatic heterocycles. The van der Waals surface area contributed by atoms with Crippen LogP contribution < -0.4 is 15.6 Å². The summed E-state index contributed by atoms with van der Waals surface area (Å²) in [5.74, 6) is 2.15. The Bertz CT molecular complexity index is 758. The number of hydrogen-bond donors (Lipinski definition) is 0. The molecule has 0 aliphatic rings. The van der Waals surface area contributed by atoms with Crippen LogP contribution in [0.1, 0.15) is 6.92 Å². The second-order valence-electron chi connectivity index (χ2n) is 5.71. The van der Waals surface area contributed by atoms with Crippen molar-refractivity contribution in [2.45, 2.75) is 6.92 Å². The molecule has 25 heavy (non-hydrogen) atoms. The molecule has 3 rings (SSSR count). The highest BCUT2D eigenvalue weighted by atomic mass is 28.3. The van der Waals surface area contributed by atoms with Crippen molar-refractivity contribution in [2.24, 2.45) is 0 Å². The van der Waals surface area contributed by atoms with E-state index >= 15 is 0 Å². The number of ether oxygens (including phenoxy) is 1. The van der Waals surface area contributed by atoms with Crippen LogP contribution >= 0.6 is 0 Å². The van der Waals surface area contributed by atoms with Crippen molar-refractivity contribution in [1.29, 1.82) is 0 Å². The van der Waals surface area contributed by atoms with Crippen LogP contribution in [0, 0.1) is 0 Å². The highest BCUT2D eigenvalue weighted by Gasteiger charge is 2.46. The fourth-order valence-corrected chi connectivity index (χ4v) is 7.69. The maximum absolute atomic E-state index is 12.0. The van der Waals surface area contributed by atoms with Gasteiger partial charge in [-0.3, -0.25) is 0 Å². The minimum atomic E-state index is -2.80. The maximum atomic E-state index is 12.0. The van der Waals surface area contributed by atoms with Crippen molar-refractivity contribution in [3.05, 3.63) is 96.4 Å². The van der Waals surface area contributed by atoms with Gasteiger partial charge in [0.25, 0.3) is 0 Å². The van der Waals surface area contributed by atoms with Gasteiger partial charge in [-0.05, 0) is 22.5 Å². The SMILES string of the molecule is CCOC(=C=O)[Si](c1ccccc1)(c1ccccc1)c1ccccc1. The van der Waals surface area contributed by atoms with Crippen LogP contribution in [0.3, 0.4) is 0 Å². The summed E-state index contributed by atoms with van der Waals surface area (Å²) in [4.78, 5) is 12.0. The molecular weight excluding hydrogens is 324 g/mol. The summed E-state index contributed by atoms with van der Waals surface area (Å²) in [6, 6.07) is 30.6. The number of carbonyl (C=O) groups excluding carboxylic acids is 1. The van der Waals surface area contributed by atoms with Crippen molar-refractivity contribution >= 4 is 29.6 Å². The first-order valence-corrected chi connectivity index (χ1v) is 10.4. The number of hydrogen-bond acceptors (Lipinski definition) is 2. The van der Waals surface area contributed by atoms with Gasteiger partial charge in [-0.25, -0.2) is 4.79 Å². The minimum Gasteiger partial charge on any atom is -0.491 e. The molecule has 0 bridgehead atoms. The van der Waals surface area contributed by atoms with Gasteiger partial charge in [-0.1, -0.05) is 91.0 Å². The van der Waals surface area contributed by atoms with Gasteiger partial charge in [-0.15, -0.1) is 0 Å². The second-order valence-corrected chi connectivity index (χ2v) is 9.40. The topological polar surface area (TPSA) is 26.3 Å². The molecule has 124 valence electrons. The Morgan fingerprint density at radius 2 is 1.12 bits per heavy atom. The fraction of sp³-hybridized carbons (Fsp3) is 0.0909. The third kappa shape index (κ3) is 3.08. The first-order valence-electron chi connectivity index (χ1n) is 8.39. The van der Waals surface area contributed by atoms with Gasteiger partial charge in [0.15, 0.2) is 11.3 Å². The highest BCUT2D eigenvalue weighted by Crippen LogP contribution is 2.16. The smallest absolute Gasteiger partial charge is 0.237 e. The third-order valence-electron chi connectivity index (χ3n) is 4.34. The van der Waals surface area contributed by atoms with E-state index in [9.17, 15) is 4.79 Å². The van der Waals surface area contributed by atoms with Gasteiger partial charge in [-0.2, -0.15) is 0 Å². The van der Waals surface area contributed by atoms with Crippen molar-refractivity contribution in [3.8, 4) is 0 Å². The average molecular weight is 344 g/mol. The zero-order valence-corrected chi connectivity index (χ0v) is 15.2. The van der Waals surface area contributed by atoms with Gasteiger partial charge < -0.3 is 4.74 Å². The molecule has 3 heteroatoms. The molecule has 0 heterocycles. The van der Waals surface area contributed by atoms with E-state index < -0.39 is 8.07 Å². The van der Waals surface area contributed by atoms with Crippen molar-refractivity contribution in [3.63, 3.8) is 0 Å². The van der Waals surface area contributed by atoms with Gasteiger partial charge in [0.05, 0.1) is 6.61 Å². The van der Waals surface area contributed by atoms with Crippen LogP contribution in [-0.4, -0.2) is 20.6 Å². The zero-order chi connectivity index (χ0) is 17.5. The van der Waals surface area contributed by atoms with Crippen molar-refractivity contribution in [2.75, 3.05) is 6.61 Å². The van der Waals surface area contributed by atoms with E-state index in [0.717, 1.165) is 15.6 Å². The molecule has 0 spiro atoms.